The average molecular weight is 631 g/mol. The molecule has 4 unspecified atom stereocenters. The Morgan fingerprint density at radius 2 is 1.87 bits per heavy atom. The van der Waals surface area contributed by atoms with Crippen molar-refractivity contribution < 1.29 is 31.1 Å². The van der Waals surface area contributed by atoms with Crippen molar-refractivity contribution in [3.63, 3.8) is 0 Å². The predicted octanol–water partition coefficient (Wildman–Crippen LogP) is 5.82. The number of pyridine rings is 1. The second-order valence-corrected chi connectivity index (χ2v) is 13.8. The lowest BCUT2D eigenvalue weighted by Gasteiger charge is -2.35. The van der Waals surface area contributed by atoms with E-state index in [0.29, 0.717) is 31.9 Å². The fraction of sp³-hybridized carbons (Fsp3) is 0.594. The molecule has 7 nitrogen and oxygen atoms in total. The van der Waals surface area contributed by atoms with Gasteiger partial charge in [-0.2, -0.15) is 23.1 Å². The molecule has 1 aromatic carbocycles. The van der Waals surface area contributed by atoms with Gasteiger partial charge in [-0.15, -0.1) is 0 Å². The maximum Gasteiger partial charge on any atom is 0.420 e. The summed E-state index contributed by atoms with van der Waals surface area (Å²) < 4.78 is 96.3. The fourth-order valence-corrected chi connectivity index (χ4v) is 9.02. The van der Waals surface area contributed by atoms with Gasteiger partial charge in [0.2, 0.25) is 0 Å². The minimum Gasteiger partial charge on any atom is -0.461 e. The van der Waals surface area contributed by atoms with E-state index in [4.69, 9.17) is 4.74 Å². The zero-order valence-corrected chi connectivity index (χ0v) is 24.4. The standard InChI is InChI=1S/C32H32F6N6O/c33-16-10-30(7-2-8-44(30)12-16)15-45-29-41-27-21(28(42-29)43-13-17-5-6-18(14-43)40-17)11-39-26(25(27)32(36,37)38)19-3-1-4-22-24(19)20-9-23(20)31(22,34)35/h1,3-4,11,16-18,20,23,40H,2,5-10,12-15H2/t16-,17?,18?,20?,23?,30+/m1/s1. The Bertz CT molecular complexity index is 1710. The van der Waals surface area contributed by atoms with Gasteiger partial charge in [-0.1, -0.05) is 18.2 Å². The molecule has 13 heteroatoms. The number of nitrogens with one attached hydrogen (secondary N) is 1. The number of aromatic nitrogens is 3. The smallest absolute Gasteiger partial charge is 0.420 e. The lowest BCUT2D eigenvalue weighted by atomic mass is 9.93. The molecule has 45 heavy (non-hydrogen) atoms. The van der Waals surface area contributed by atoms with Gasteiger partial charge in [0.15, 0.2) is 0 Å². The van der Waals surface area contributed by atoms with Crippen LogP contribution in [-0.2, 0) is 12.1 Å². The summed E-state index contributed by atoms with van der Waals surface area (Å²) >= 11 is 0. The number of alkyl halides is 6. The minimum absolute atomic E-state index is 0.0643. The molecule has 1 N–H and O–H groups in total. The van der Waals surface area contributed by atoms with E-state index in [1.54, 1.807) is 0 Å². The normalized spacial score (nSPS) is 33.0. The van der Waals surface area contributed by atoms with E-state index in [2.05, 4.69) is 25.2 Å². The summed E-state index contributed by atoms with van der Waals surface area (Å²) in [4.78, 5) is 17.4. The van der Waals surface area contributed by atoms with Crippen molar-refractivity contribution in [2.24, 2.45) is 5.92 Å². The van der Waals surface area contributed by atoms with Crippen LogP contribution in [-0.4, -0.2) is 76.4 Å². The number of nitrogens with zero attached hydrogens (tertiary/aromatic N) is 5. The van der Waals surface area contributed by atoms with Crippen molar-refractivity contribution in [1.82, 2.24) is 25.2 Å². The van der Waals surface area contributed by atoms with E-state index in [-0.39, 0.29) is 58.7 Å². The molecule has 0 radical (unpaired) electrons. The van der Waals surface area contributed by atoms with Crippen LogP contribution < -0.4 is 15.0 Å². The summed E-state index contributed by atoms with van der Waals surface area (Å²) in [5.74, 6) is -4.18. The highest BCUT2D eigenvalue weighted by molar-refractivity contribution is 5.95. The Morgan fingerprint density at radius 3 is 2.64 bits per heavy atom. The van der Waals surface area contributed by atoms with Gasteiger partial charge in [0.05, 0.1) is 22.1 Å². The first-order chi connectivity index (χ1) is 21.5. The molecule has 6 atom stereocenters. The van der Waals surface area contributed by atoms with Gasteiger partial charge in [0, 0.05) is 61.4 Å². The van der Waals surface area contributed by atoms with Gasteiger partial charge in [0.1, 0.15) is 24.2 Å². The number of rotatable bonds is 5. The summed E-state index contributed by atoms with van der Waals surface area (Å²) in [6.45, 7) is 2.22. The van der Waals surface area contributed by atoms with Gasteiger partial charge in [-0.25, -0.2) is 13.2 Å². The SMILES string of the molecule is F[C@H]1CN2CCC[C@@]2(COc2nc(N3CC4CCC(C3)N4)c3cnc(-c4cccc5c4C4CC4C5(F)F)c(C(F)(F)F)c3n2)C1. The molecule has 2 aromatic heterocycles. The quantitative estimate of drug-likeness (QED) is 0.357. The van der Waals surface area contributed by atoms with Crippen molar-refractivity contribution in [2.45, 2.75) is 80.3 Å². The van der Waals surface area contributed by atoms with E-state index >= 15 is 22.0 Å². The van der Waals surface area contributed by atoms with Gasteiger partial charge >= 0.3 is 12.2 Å². The third-order valence-electron chi connectivity index (χ3n) is 11.1. The van der Waals surface area contributed by atoms with Gasteiger partial charge in [0.25, 0.3) is 5.92 Å². The number of halogens is 6. The number of hydrogen-bond donors (Lipinski definition) is 1. The third-order valence-corrected chi connectivity index (χ3v) is 11.1. The van der Waals surface area contributed by atoms with Crippen LogP contribution in [0.3, 0.4) is 0 Å². The molecule has 3 aromatic rings. The number of benzene rings is 1. The first kappa shape index (κ1) is 28.1. The molecule has 4 saturated heterocycles. The monoisotopic (exact) mass is 630 g/mol. The molecule has 1 saturated carbocycles. The number of fused-ring (bicyclic) bond motifs is 7. The Hall–Kier alpha value is -3.19. The summed E-state index contributed by atoms with van der Waals surface area (Å²) in [6.07, 6.45) is -0.494. The van der Waals surface area contributed by atoms with Crippen LogP contribution >= 0.6 is 0 Å². The summed E-state index contributed by atoms with van der Waals surface area (Å²) in [5.41, 5.74) is -2.32. The summed E-state index contributed by atoms with van der Waals surface area (Å²) in [5, 5.41) is 3.67. The zero-order valence-electron chi connectivity index (χ0n) is 24.4. The highest BCUT2D eigenvalue weighted by Crippen LogP contribution is 2.68. The van der Waals surface area contributed by atoms with Crippen LogP contribution in [0.2, 0.25) is 0 Å². The number of ether oxygens (including phenoxy) is 1. The molecule has 6 aliphatic rings. The van der Waals surface area contributed by atoms with E-state index in [0.717, 1.165) is 32.2 Å². The van der Waals surface area contributed by atoms with E-state index < -0.39 is 46.9 Å². The molecule has 6 heterocycles. The average Bonchev–Trinajstić information content (AvgIpc) is 3.39. The zero-order chi connectivity index (χ0) is 30.9. The van der Waals surface area contributed by atoms with Crippen LogP contribution in [0.25, 0.3) is 22.2 Å². The van der Waals surface area contributed by atoms with Crippen molar-refractivity contribution >= 4 is 16.7 Å². The minimum atomic E-state index is -4.91. The maximum absolute atomic E-state index is 15.2. The largest absolute Gasteiger partial charge is 0.461 e. The second-order valence-electron chi connectivity index (χ2n) is 13.8. The number of anilines is 1. The fourth-order valence-electron chi connectivity index (χ4n) is 9.02. The Balaban J connectivity index is 1.21. The Kier molecular flexibility index (Phi) is 5.88. The lowest BCUT2D eigenvalue weighted by molar-refractivity contribution is -0.136. The van der Waals surface area contributed by atoms with Crippen molar-refractivity contribution in [1.29, 1.82) is 0 Å². The van der Waals surface area contributed by atoms with Crippen molar-refractivity contribution in [3.05, 3.63) is 41.1 Å². The molecule has 9 rings (SSSR count). The molecular formula is C32H32F6N6O. The molecule has 0 amide bonds. The molecule has 238 valence electrons. The van der Waals surface area contributed by atoms with Gasteiger partial charge in [-0.3, -0.25) is 9.88 Å². The van der Waals surface area contributed by atoms with E-state index in [1.807, 2.05) is 4.90 Å². The molecule has 4 aliphatic heterocycles. The molecule has 5 fully saturated rings. The van der Waals surface area contributed by atoms with Crippen molar-refractivity contribution in [3.8, 4) is 17.3 Å². The Labute approximate surface area is 255 Å². The molecule has 2 aliphatic carbocycles. The van der Waals surface area contributed by atoms with Gasteiger partial charge < -0.3 is 15.0 Å². The van der Waals surface area contributed by atoms with Crippen LogP contribution in [0, 0.1) is 5.92 Å². The van der Waals surface area contributed by atoms with Crippen molar-refractivity contribution in [2.75, 3.05) is 37.7 Å². The van der Waals surface area contributed by atoms with Crippen LogP contribution in [0.1, 0.15) is 61.1 Å². The first-order valence-corrected chi connectivity index (χ1v) is 15.8. The maximum atomic E-state index is 15.2. The lowest BCUT2D eigenvalue weighted by Crippen LogP contribution is -2.51. The number of hydrogen-bond acceptors (Lipinski definition) is 7. The third kappa shape index (κ3) is 4.21. The van der Waals surface area contributed by atoms with Crippen LogP contribution in [0.5, 0.6) is 6.01 Å². The summed E-state index contributed by atoms with van der Waals surface area (Å²) in [7, 11) is 0. The Morgan fingerprint density at radius 1 is 1.07 bits per heavy atom. The topological polar surface area (TPSA) is 66.4 Å². The highest BCUT2D eigenvalue weighted by atomic mass is 19.4. The predicted molar refractivity (Wildman–Crippen MR) is 153 cm³/mol. The van der Waals surface area contributed by atoms with E-state index in [1.165, 1.54) is 24.4 Å². The number of piperazine rings is 1. The second kappa shape index (κ2) is 9.43. The summed E-state index contributed by atoms with van der Waals surface area (Å²) in [6, 6.07) is 4.29. The molecule has 2 bridgehead atoms. The molecule has 0 spiro atoms. The van der Waals surface area contributed by atoms with Gasteiger partial charge in [-0.05, 0) is 50.1 Å². The molecular weight excluding hydrogens is 598 g/mol. The first-order valence-electron chi connectivity index (χ1n) is 15.8. The highest BCUT2D eigenvalue weighted by Gasteiger charge is 2.64. The van der Waals surface area contributed by atoms with Crippen LogP contribution in [0.15, 0.2) is 24.4 Å². The van der Waals surface area contributed by atoms with E-state index in [9.17, 15) is 4.39 Å². The van der Waals surface area contributed by atoms with Crippen LogP contribution in [0.4, 0.5) is 32.2 Å².